The summed E-state index contributed by atoms with van der Waals surface area (Å²) in [6, 6.07) is 21.9. The number of hydrogen-bond acceptors (Lipinski definition) is 5. The third-order valence-corrected chi connectivity index (χ3v) is 6.64. The molecule has 3 aliphatic carbocycles. The average Bonchev–Trinajstić information content (AvgIpc) is 2.82. The highest BCUT2D eigenvalue weighted by molar-refractivity contribution is 5.79. The van der Waals surface area contributed by atoms with Crippen molar-refractivity contribution in [2.75, 3.05) is 6.61 Å². The number of ether oxygens (including phenoxy) is 2. The predicted molar refractivity (Wildman–Crippen MR) is 119 cm³/mol. The first-order valence-corrected chi connectivity index (χ1v) is 11.1. The number of unbranched alkanes of at least 4 members (excludes halogenated alkanes) is 1. The lowest BCUT2D eigenvalue weighted by Gasteiger charge is -2.53. The Kier molecular flexibility index (Phi) is 5.03. The van der Waals surface area contributed by atoms with Gasteiger partial charge in [-0.2, -0.15) is 0 Å². The zero-order valence-corrected chi connectivity index (χ0v) is 18.0. The summed E-state index contributed by atoms with van der Waals surface area (Å²) in [4.78, 5) is 13.0. The van der Waals surface area contributed by atoms with Gasteiger partial charge in [-0.1, -0.05) is 61.9 Å². The fourth-order valence-corrected chi connectivity index (χ4v) is 5.06. The molecule has 0 fully saturated rings. The second-order valence-corrected chi connectivity index (χ2v) is 8.57. The highest BCUT2D eigenvalue weighted by Gasteiger charge is 2.62. The summed E-state index contributed by atoms with van der Waals surface area (Å²) in [6.45, 7) is 2.33. The molecule has 0 aliphatic heterocycles. The van der Waals surface area contributed by atoms with Crippen LogP contribution in [0.5, 0.6) is 11.5 Å². The van der Waals surface area contributed by atoms with E-state index >= 15 is 0 Å². The van der Waals surface area contributed by atoms with Gasteiger partial charge in [0.1, 0.15) is 22.7 Å². The average molecular weight is 431 g/mol. The predicted octanol–water partition coefficient (Wildman–Crippen LogP) is 4.63. The van der Waals surface area contributed by atoms with E-state index in [1.807, 2.05) is 55.5 Å². The second kappa shape index (κ2) is 7.76. The number of rotatable bonds is 6. The van der Waals surface area contributed by atoms with Crippen LogP contribution in [-0.2, 0) is 20.7 Å². The number of fused-ring (bicyclic) bond motifs is 1. The molecule has 3 aliphatic rings. The molecule has 164 valence electrons. The number of benzene rings is 3. The first-order chi connectivity index (χ1) is 15.5. The van der Waals surface area contributed by atoms with Crippen molar-refractivity contribution in [1.82, 2.24) is 0 Å². The second-order valence-electron chi connectivity index (χ2n) is 8.57. The molecule has 0 spiro atoms. The Labute approximate surface area is 187 Å². The first kappa shape index (κ1) is 20.7. The fraction of sp³-hybridized carbons (Fsp3) is 0.296. The van der Waals surface area contributed by atoms with Gasteiger partial charge in [-0.15, -0.1) is 0 Å². The molecule has 3 aromatic rings. The van der Waals surface area contributed by atoms with Crippen LogP contribution in [-0.4, -0.2) is 22.8 Å². The van der Waals surface area contributed by atoms with Crippen molar-refractivity contribution in [3.05, 3.63) is 95.1 Å². The lowest BCUT2D eigenvalue weighted by Crippen LogP contribution is -2.57. The lowest BCUT2D eigenvalue weighted by atomic mass is 9.54. The smallest absolute Gasteiger partial charge is 0.312 e. The van der Waals surface area contributed by atoms with E-state index in [4.69, 9.17) is 9.47 Å². The third kappa shape index (κ3) is 3.04. The van der Waals surface area contributed by atoms with Crippen LogP contribution in [0.1, 0.15) is 48.4 Å². The summed E-state index contributed by atoms with van der Waals surface area (Å²) in [7, 11) is 0. The van der Waals surface area contributed by atoms with Crippen LogP contribution in [0.25, 0.3) is 0 Å². The molecule has 3 unspecified atom stereocenters. The third-order valence-electron chi connectivity index (χ3n) is 6.64. The van der Waals surface area contributed by atoms with Gasteiger partial charge in [-0.25, -0.2) is 0 Å². The Hall–Kier alpha value is -3.15. The Balaban J connectivity index is 1.60. The molecular formula is C27H26O5. The van der Waals surface area contributed by atoms with Gasteiger partial charge in [0.15, 0.2) is 0 Å². The molecule has 3 atom stereocenters. The quantitative estimate of drug-likeness (QED) is 0.441. The van der Waals surface area contributed by atoms with Gasteiger partial charge < -0.3 is 19.7 Å². The van der Waals surface area contributed by atoms with Crippen molar-refractivity contribution in [3.63, 3.8) is 0 Å². The maximum atomic E-state index is 13.0. The van der Waals surface area contributed by atoms with Gasteiger partial charge in [0.2, 0.25) is 0 Å². The van der Waals surface area contributed by atoms with Gasteiger partial charge in [0.05, 0.1) is 12.5 Å². The monoisotopic (exact) mass is 430 g/mol. The topological polar surface area (TPSA) is 76.0 Å². The summed E-state index contributed by atoms with van der Waals surface area (Å²) in [5.74, 6) is -0.146. The SMILES string of the molecule is CCCCOC(=O)C1CC2(O)c3ccccc3C1(O)c1ccc(Oc3ccccc3)cc12. The number of aliphatic hydroxyl groups is 2. The number of hydrogen-bond donors (Lipinski definition) is 2. The summed E-state index contributed by atoms with van der Waals surface area (Å²) in [5, 5.41) is 24.0. The molecule has 0 saturated heterocycles. The van der Waals surface area contributed by atoms with Crippen LogP contribution in [0, 0.1) is 5.92 Å². The van der Waals surface area contributed by atoms with Crippen LogP contribution >= 0.6 is 0 Å². The minimum Gasteiger partial charge on any atom is -0.465 e. The Morgan fingerprint density at radius 3 is 2.34 bits per heavy atom. The number of carbonyl (C=O) groups is 1. The Morgan fingerprint density at radius 2 is 1.59 bits per heavy atom. The van der Waals surface area contributed by atoms with E-state index < -0.39 is 23.1 Å². The highest BCUT2D eigenvalue weighted by atomic mass is 16.5. The first-order valence-electron chi connectivity index (χ1n) is 11.1. The summed E-state index contributed by atoms with van der Waals surface area (Å²) in [5.41, 5.74) is -0.765. The molecule has 0 radical (unpaired) electrons. The van der Waals surface area contributed by atoms with Gasteiger partial charge in [0.25, 0.3) is 0 Å². The lowest BCUT2D eigenvalue weighted by molar-refractivity contribution is -0.167. The van der Waals surface area contributed by atoms with Gasteiger partial charge in [-0.3, -0.25) is 4.79 Å². The van der Waals surface area contributed by atoms with E-state index in [-0.39, 0.29) is 6.42 Å². The fourth-order valence-electron chi connectivity index (χ4n) is 5.06. The molecule has 2 N–H and O–H groups in total. The van der Waals surface area contributed by atoms with Crippen molar-refractivity contribution in [2.45, 2.75) is 37.4 Å². The minimum absolute atomic E-state index is 0.0489. The van der Waals surface area contributed by atoms with E-state index in [1.165, 1.54) is 0 Å². The Morgan fingerprint density at radius 1 is 0.906 bits per heavy atom. The van der Waals surface area contributed by atoms with Gasteiger partial charge in [-0.05, 0) is 52.9 Å². The molecule has 0 saturated carbocycles. The van der Waals surface area contributed by atoms with E-state index in [0.29, 0.717) is 40.4 Å². The van der Waals surface area contributed by atoms with E-state index in [2.05, 4.69) is 0 Å². The molecule has 0 aromatic heterocycles. The van der Waals surface area contributed by atoms with E-state index in [0.717, 1.165) is 12.8 Å². The van der Waals surface area contributed by atoms with Crippen molar-refractivity contribution in [3.8, 4) is 11.5 Å². The normalized spacial score (nSPS) is 25.0. The molecule has 32 heavy (non-hydrogen) atoms. The van der Waals surface area contributed by atoms with Crippen LogP contribution < -0.4 is 4.74 Å². The largest absolute Gasteiger partial charge is 0.465 e. The number of carbonyl (C=O) groups excluding carboxylic acids is 1. The number of esters is 1. The maximum Gasteiger partial charge on any atom is 0.312 e. The molecule has 5 nitrogen and oxygen atoms in total. The van der Waals surface area contributed by atoms with Gasteiger partial charge in [0, 0.05) is 6.42 Å². The summed E-state index contributed by atoms with van der Waals surface area (Å²) < 4.78 is 11.5. The zero-order chi connectivity index (χ0) is 22.3. The molecule has 6 rings (SSSR count). The van der Waals surface area contributed by atoms with Crippen molar-refractivity contribution in [1.29, 1.82) is 0 Å². The summed E-state index contributed by atoms with van der Waals surface area (Å²) in [6.07, 6.45) is 1.71. The van der Waals surface area contributed by atoms with E-state index in [1.54, 1.807) is 24.3 Å². The van der Waals surface area contributed by atoms with Crippen LogP contribution in [0.2, 0.25) is 0 Å². The number of para-hydroxylation sites is 1. The highest BCUT2D eigenvalue weighted by Crippen LogP contribution is 2.60. The van der Waals surface area contributed by atoms with Crippen LogP contribution in [0.3, 0.4) is 0 Å². The Bertz CT molecular complexity index is 1160. The molecular weight excluding hydrogens is 404 g/mol. The van der Waals surface area contributed by atoms with Crippen molar-refractivity contribution >= 4 is 5.97 Å². The van der Waals surface area contributed by atoms with Gasteiger partial charge >= 0.3 is 5.97 Å². The van der Waals surface area contributed by atoms with Crippen molar-refractivity contribution < 1.29 is 24.5 Å². The molecule has 2 bridgehead atoms. The molecule has 5 heteroatoms. The minimum atomic E-state index is -1.58. The summed E-state index contributed by atoms with van der Waals surface area (Å²) >= 11 is 0. The molecule has 3 aromatic carbocycles. The van der Waals surface area contributed by atoms with Crippen molar-refractivity contribution in [2.24, 2.45) is 5.92 Å². The van der Waals surface area contributed by atoms with E-state index in [9.17, 15) is 15.0 Å². The van der Waals surface area contributed by atoms with Crippen LogP contribution in [0.15, 0.2) is 72.8 Å². The molecule has 0 heterocycles. The molecule has 0 amide bonds. The standard InChI is InChI=1S/C27H26O5/c1-2-3-15-31-25(28)24-17-26(29)20-11-7-8-12-21(20)27(24,30)22-14-13-19(16-23(22)26)32-18-9-5-4-6-10-18/h4-14,16,24,29-30H,2-3,15,17H2,1H3. The van der Waals surface area contributed by atoms with Crippen LogP contribution in [0.4, 0.5) is 0 Å². The zero-order valence-electron chi connectivity index (χ0n) is 18.0. The maximum absolute atomic E-state index is 13.0.